The first-order valence-electron chi connectivity index (χ1n) is 7.24. The summed E-state index contributed by atoms with van der Waals surface area (Å²) >= 11 is 9.19. The van der Waals surface area contributed by atoms with Gasteiger partial charge in [-0.3, -0.25) is 4.68 Å². The molecule has 0 fully saturated rings. The van der Waals surface area contributed by atoms with Crippen molar-refractivity contribution in [3.8, 4) is 11.3 Å². The van der Waals surface area contributed by atoms with Gasteiger partial charge in [0.25, 0.3) is 0 Å². The third-order valence-corrected chi connectivity index (χ3v) is 4.26. The van der Waals surface area contributed by atoms with Crippen LogP contribution < -0.4 is 10.6 Å². The fourth-order valence-corrected chi connectivity index (χ4v) is 3.06. The molecule has 8 heteroatoms. The lowest BCUT2D eigenvalue weighted by Crippen LogP contribution is -2.19. The minimum absolute atomic E-state index is 0.328. The Morgan fingerprint density at radius 2 is 1.84 bits per heavy atom. The van der Waals surface area contributed by atoms with Gasteiger partial charge in [0.15, 0.2) is 0 Å². The van der Waals surface area contributed by atoms with Crippen LogP contribution in [0.2, 0.25) is 5.02 Å². The summed E-state index contributed by atoms with van der Waals surface area (Å²) in [6.07, 6.45) is 1.63. The molecule has 25 heavy (non-hydrogen) atoms. The van der Waals surface area contributed by atoms with Crippen LogP contribution in [0.1, 0.15) is 0 Å². The van der Waals surface area contributed by atoms with Gasteiger partial charge in [0, 0.05) is 29.0 Å². The fourth-order valence-electron chi connectivity index (χ4n) is 2.36. The molecule has 0 aliphatic rings. The molecule has 0 spiro atoms. The fraction of sp³-hybridized carbons (Fsp3) is 0.0588. The molecule has 2 N–H and O–H groups in total. The van der Waals surface area contributed by atoms with E-state index < -0.39 is 11.8 Å². The van der Waals surface area contributed by atoms with Gasteiger partial charge in [-0.2, -0.15) is 5.10 Å². The summed E-state index contributed by atoms with van der Waals surface area (Å²) in [6, 6.07) is 10.5. The molecule has 128 valence electrons. The highest BCUT2D eigenvalue weighted by molar-refractivity contribution is 9.10. The highest BCUT2D eigenvalue weighted by atomic mass is 79.9. The normalized spacial score (nSPS) is 10.6. The molecule has 2 aromatic carbocycles. The maximum Gasteiger partial charge on any atom is 0.323 e. The Bertz CT molecular complexity index is 907. The summed E-state index contributed by atoms with van der Waals surface area (Å²) in [5.41, 5.74) is 2.21. The van der Waals surface area contributed by atoms with Gasteiger partial charge in [-0.1, -0.05) is 11.6 Å². The number of rotatable bonds is 3. The second-order valence-corrected chi connectivity index (χ2v) is 6.57. The zero-order chi connectivity index (χ0) is 18.0. The van der Waals surface area contributed by atoms with Crippen LogP contribution in [0, 0.1) is 5.82 Å². The first-order chi connectivity index (χ1) is 11.9. The molecule has 0 aliphatic carbocycles. The molecule has 3 rings (SSSR count). The Morgan fingerprint density at radius 1 is 1.16 bits per heavy atom. The Morgan fingerprint density at radius 3 is 2.48 bits per heavy atom. The number of benzene rings is 2. The minimum Gasteiger partial charge on any atom is -0.308 e. The number of halogens is 3. The third kappa shape index (κ3) is 4.18. The smallest absolute Gasteiger partial charge is 0.308 e. The van der Waals surface area contributed by atoms with Crippen molar-refractivity contribution >= 4 is 44.9 Å². The van der Waals surface area contributed by atoms with Gasteiger partial charge in [0.05, 0.1) is 16.4 Å². The largest absolute Gasteiger partial charge is 0.323 e. The second-order valence-electron chi connectivity index (χ2n) is 5.28. The van der Waals surface area contributed by atoms with Crippen LogP contribution in [0.25, 0.3) is 11.3 Å². The number of anilines is 2. The van der Waals surface area contributed by atoms with Crippen molar-refractivity contribution in [2.45, 2.75) is 0 Å². The Balaban J connectivity index is 1.81. The predicted molar refractivity (Wildman–Crippen MR) is 100 cm³/mol. The summed E-state index contributed by atoms with van der Waals surface area (Å²) in [4.78, 5) is 12.1. The summed E-state index contributed by atoms with van der Waals surface area (Å²) in [5.74, 6) is -0.465. The molecule has 1 heterocycles. The zero-order valence-corrected chi connectivity index (χ0v) is 15.4. The van der Waals surface area contributed by atoms with Crippen LogP contribution in [-0.4, -0.2) is 15.8 Å². The molecule has 0 unspecified atom stereocenters. The van der Waals surface area contributed by atoms with E-state index in [9.17, 15) is 9.18 Å². The van der Waals surface area contributed by atoms with Crippen LogP contribution >= 0.6 is 27.5 Å². The van der Waals surface area contributed by atoms with Crippen LogP contribution in [-0.2, 0) is 7.05 Å². The van der Waals surface area contributed by atoms with Crippen LogP contribution in [0.5, 0.6) is 0 Å². The first-order valence-corrected chi connectivity index (χ1v) is 8.41. The topological polar surface area (TPSA) is 59.0 Å². The van der Waals surface area contributed by atoms with E-state index in [1.165, 1.54) is 12.1 Å². The highest BCUT2D eigenvalue weighted by Gasteiger charge is 2.12. The van der Waals surface area contributed by atoms with Crippen molar-refractivity contribution < 1.29 is 9.18 Å². The zero-order valence-electron chi connectivity index (χ0n) is 13.1. The van der Waals surface area contributed by atoms with E-state index in [0.29, 0.717) is 27.7 Å². The average Bonchev–Trinajstić information content (AvgIpc) is 2.88. The van der Waals surface area contributed by atoms with E-state index in [1.54, 1.807) is 48.3 Å². The van der Waals surface area contributed by atoms with Crippen molar-refractivity contribution in [1.29, 1.82) is 0 Å². The monoisotopic (exact) mass is 422 g/mol. The Kier molecular flexibility index (Phi) is 5.06. The molecular formula is C17H13BrClFN4O. The quantitative estimate of drug-likeness (QED) is 0.601. The predicted octanol–water partition coefficient (Wildman–Crippen LogP) is 5.29. The number of nitrogens with zero attached hydrogens (tertiary/aromatic N) is 2. The number of urea groups is 1. The first kappa shape index (κ1) is 17.4. The van der Waals surface area contributed by atoms with Crippen molar-refractivity contribution in [2.75, 3.05) is 10.6 Å². The van der Waals surface area contributed by atoms with E-state index >= 15 is 0 Å². The summed E-state index contributed by atoms with van der Waals surface area (Å²) < 4.78 is 16.3. The number of nitrogens with one attached hydrogen (secondary N) is 2. The lowest BCUT2D eigenvalue weighted by atomic mass is 10.1. The van der Waals surface area contributed by atoms with Crippen LogP contribution in [0.3, 0.4) is 0 Å². The standard InChI is InChI=1S/C17H13BrClFN4O/c1-24-16(15(18)9-21-24)10-6-12(20)8-14(7-10)23-17(25)22-13-4-2-11(19)3-5-13/h2-9H,1H3,(H2,22,23,25). The van der Waals surface area contributed by atoms with Gasteiger partial charge < -0.3 is 10.6 Å². The number of hydrogen-bond acceptors (Lipinski definition) is 2. The van der Waals surface area contributed by atoms with Crippen LogP contribution in [0.4, 0.5) is 20.6 Å². The van der Waals surface area contributed by atoms with Crippen molar-refractivity contribution in [1.82, 2.24) is 9.78 Å². The van der Waals surface area contributed by atoms with Gasteiger partial charge in [-0.05, 0) is 58.4 Å². The lowest BCUT2D eigenvalue weighted by Gasteiger charge is -2.10. The maximum absolute atomic E-state index is 14.0. The molecule has 0 saturated heterocycles. The molecule has 0 saturated carbocycles. The van der Waals surface area contributed by atoms with Gasteiger partial charge in [0.1, 0.15) is 5.82 Å². The molecule has 2 amide bonds. The molecule has 0 bridgehead atoms. The van der Waals surface area contributed by atoms with Crippen molar-refractivity contribution in [3.63, 3.8) is 0 Å². The number of aryl methyl sites for hydroxylation is 1. The molecular weight excluding hydrogens is 411 g/mol. The van der Waals surface area contributed by atoms with E-state index in [1.807, 2.05) is 0 Å². The second kappa shape index (κ2) is 7.25. The average molecular weight is 424 g/mol. The summed E-state index contributed by atoms with van der Waals surface area (Å²) in [6.45, 7) is 0. The number of amides is 2. The number of aromatic nitrogens is 2. The molecule has 0 radical (unpaired) electrons. The molecule has 0 atom stereocenters. The number of carbonyl (C=O) groups excluding carboxylic acids is 1. The van der Waals surface area contributed by atoms with E-state index in [-0.39, 0.29) is 0 Å². The van der Waals surface area contributed by atoms with Gasteiger partial charge in [-0.15, -0.1) is 0 Å². The Labute approximate surface area is 156 Å². The van der Waals surface area contributed by atoms with Crippen molar-refractivity contribution in [3.05, 3.63) is 64.0 Å². The third-order valence-electron chi connectivity index (χ3n) is 3.43. The van der Waals surface area contributed by atoms with Crippen molar-refractivity contribution in [2.24, 2.45) is 7.05 Å². The number of carbonyl (C=O) groups is 1. The lowest BCUT2D eigenvalue weighted by molar-refractivity contribution is 0.262. The molecule has 1 aromatic heterocycles. The van der Waals surface area contributed by atoms with E-state index in [2.05, 4.69) is 31.7 Å². The Hall–Kier alpha value is -2.38. The minimum atomic E-state index is -0.483. The molecule has 5 nitrogen and oxygen atoms in total. The highest BCUT2D eigenvalue weighted by Crippen LogP contribution is 2.30. The number of hydrogen-bond donors (Lipinski definition) is 2. The SMILES string of the molecule is Cn1ncc(Br)c1-c1cc(F)cc(NC(=O)Nc2ccc(Cl)cc2)c1. The maximum atomic E-state index is 14.0. The van der Waals surface area contributed by atoms with E-state index in [0.717, 1.165) is 4.47 Å². The molecule has 0 aliphatic heterocycles. The van der Waals surface area contributed by atoms with E-state index in [4.69, 9.17) is 11.6 Å². The van der Waals surface area contributed by atoms with Gasteiger partial charge in [0.2, 0.25) is 0 Å². The summed E-state index contributed by atoms with van der Waals surface area (Å²) in [5, 5.41) is 9.96. The van der Waals surface area contributed by atoms with Gasteiger partial charge in [-0.25, -0.2) is 9.18 Å². The van der Waals surface area contributed by atoms with Gasteiger partial charge >= 0.3 is 6.03 Å². The van der Waals surface area contributed by atoms with Crippen LogP contribution in [0.15, 0.2) is 53.1 Å². The summed E-state index contributed by atoms with van der Waals surface area (Å²) in [7, 11) is 1.76. The molecule has 3 aromatic rings.